The first kappa shape index (κ1) is 9.49. The molecule has 0 radical (unpaired) electrons. The van der Waals surface area contributed by atoms with Gasteiger partial charge in [-0.25, -0.2) is 4.79 Å². The third-order valence-electron chi connectivity index (χ3n) is 3.26. The van der Waals surface area contributed by atoms with E-state index in [1.54, 1.807) is 0 Å². The lowest BCUT2D eigenvalue weighted by Crippen LogP contribution is -2.47. The molecular weight excluding hydrogens is 180 g/mol. The average Bonchev–Trinajstić information content (AvgIpc) is 2.30. The van der Waals surface area contributed by atoms with Crippen molar-refractivity contribution >= 4 is 11.9 Å². The van der Waals surface area contributed by atoms with E-state index >= 15 is 0 Å². The van der Waals surface area contributed by atoms with Crippen molar-refractivity contribution in [2.75, 3.05) is 0 Å². The van der Waals surface area contributed by atoms with E-state index in [-0.39, 0.29) is 11.9 Å². The Labute approximate surface area is 83.4 Å². The molecule has 1 spiro atoms. The fourth-order valence-electron chi connectivity index (χ4n) is 2.57. The molecule has 2 atom stereocenters. The SMILES string of the molecule is CC1CCCCC2(C1)NC(=O)NC2=O. The van der Waals surface area contributed by atoms with E-state index in [1.807, 2.05) is 0 Å². The highest BCUT2D eigenvalue weighted by Gasteiger charge is 2.46. The lowest BCUT2D eigenvalue weighted by Gasteiger charge is -2.25. The summed E-state index contributed by atoms with van der Waals surface area (Å²) in [4.78, 5) is 22.8. The number of carbonyl (C=O) groups is 2. The number of urea groups is 1. The second-order valence-electron chi connectivity index (χ2n) is 4.55. The van der Waals surface area contributed by atoms with Gasteiger partial charge >= 0.3 is 6.03 Å². The van der Waals surface area contributed by atoms with Crippen LogP contribution in [0.2, 0.25) is 0 Å². The van der Waals surface area contributed by atoms with Crippen molar-refractivity contribution in [1.82, 2.24) is 10.6 Å². The Bertz CT molecular complexity index is 277. The first-order valence-electron chi connectivity index (χ1n) is 5.26. The van der Waals surface area contributed by atoms with Gasteiger partial charge in [-0.2, -0.15) is 0 Å². The highest BCUT2D eigenvalue weighted by atomic mass is 16.2. The van der Waals surface area contributed by atoms with Crippen LogP contribution in [-0.2, 0) is 4.79 Å². The summed E-state index contributed by atoms with van der Waals surface area (Å²) in [5.74, 6) is 0.387. The fraction of sp³-hybridized carbons (Fsp3) is 0.800. The molecule has 0 aromatic carbocycles. The quantitative estimate of drug-likeness (QED) is 0.571. The summed E-state index contributed by atoms with van der Waals surface area (Å²) in [6.07, 6.45) is 4.91. The van der Waals surface area contributed by atoms with Crippen LogP contribution in [0.15, 0.2) is 0 Å². The summed E-state index contributed by atoms with van der Waals surface area (Å²) < 4.78 is 0. The van der Waals surface area contributed by atoms with Crippen LogP contribution < -0.4 is 10.6 Å². The van der Waals surface area contributed by atoms with Crippen molar-refractivity contribution in [3.05, 3.63) is 0 Å². The first-order valence-corrected chi connectivity index (χ1v) is 5.26. The highest BCUT2D eigenvalue weighted by molar-refractivity contribution is 6.07. The predicted octanol–water partition coefficient (Wildman–Crippen LogP) is 1.16. The zero-order chi connectivity index (χ0) is 10.2. The summed E-state index contributed by atoms with van der Waals surface area (Å²) in [7, 11) is 0. The third kappa shape index (κ3) is 1.49. The molecular formula is C10H16N2O2. The van der Waals surface area contributed by atoms with Crippen molar-refractivity contribution in [2.24, 2.45) is 5.92 Å². The number of imide groups is 1. The molecule has 14 heavy (non-hydrogen) atoms. The summed E-state index contributed by atoms with van der Waals surface area (Å²) >= 11 is 0. The molecule has 2 rings (SSSR count). The van der Waals surface area contributed by atoms with Crippen LogP contribution in [-0.4, -0.2) is 17.5 Å². The molecule has 0 aromatic rings. The maximum Gasteiger partial charge on any atom is 0.322 e. The lowest BCUT2D eigenvalue weighted by molar-refractivity contribution is -0.124. The van der Waals surface area contributed by atoms with Gasteiger partial charge in [0.1, 0.15) is 5.54 Å². The summed E-state index contributed by atoms with van der Waals surface area (Å²) in [5, 5.41) is 5.13. The zero-order valence-electron chi connectivity index (χ0n) is 8.43. The van der Waals surface area contributed by atoms with Crippen LogP contribution in [0, 0.1) is 5.92 Å². The Morgan fingerprint density at radius 1 is 1.36 bits per heavy atom. The van der Waals surface area contributed by atoms with E-state index in [1.165, 1.54) is 0 Å². The van der Waals surface area contributed by atoms with Crippen molar-refractivity contribution in [3.63, 3.8) is 0 Å². The molecule has 2 aliphatic rings. The third-order valence-corrected chi connectivity index (χ3v) is 3.26. The van der Waals surface area contributed by atoms with E-state index < -0.39 is 5.54 Å². The van der Waals surface area contributed by atoms with Crippen molar-refractivity contribution in [2.45, 2.75) is 44.6 Å². The molecule has 1 aliphatic carbocycles. The largest absolute Gasteiger partial charge is 0.323 e. The smallest absolute Gasteiger partial charge is 0.322 e. The normalized spacial score (nSPS) is 37.9. The van der Waals surface area contributed by atoms with E-state index in [2.05, 4.69) is 17.6 Å². The summed E-state index contributed by atoms with van der Waals surface area (Å²) in [6.45, 7) is 2.14. The van der Waals surface area contributed by atoms with E-state index in [0.29, 0.717) is 5.92 Å². The first-order chi connectivity index (χ1) is 6.62. The number of hydrogen-bond acceptors (Lipinski definition) is 2. The van der Waals surface area contributed by atoms with Gasteiger partial charge in [-0.05, 0) is 18.8 Å². The molecule has 0 aromatic heterocycles. The molecule has 4 nitrogen and oxygen atoms in total. The zero-order valence-corrected chi connectivity index (χ0v) is 8.43. The summed E-state index contributed by atoms with van der Waals surface area (Å²) in [6, 6.07) is -0.330. The predicted molar refractivity (Wildman–Crippen MR) is 51.7 cm³/mol. The van der Waals surface area contributed by atoms with Gasteiger partial charge in [-0.3, -0.25) is 10.1 Å². The molecule has 4 heteroatoms. The molecule has 1 heterocycles. The second kappa shape index (κ2) is 3.26. The number of hydrogen-bond donors (Lipinski definition) is 2. The average molecular weight is 196 g/mol. The number of carbonyl (C=O) groups excluding carboxylic acids is 2. The van der Waals surface area contributed by atoms with E-state index in [4.69, 9.17) is 0 Å². The van der Waals surface area contributed by atoms with Crippen LogP contribution >= 0.6 is 0 Å². The monoisotopic (exact) mass is 196 g/mol. The Morgan fingerprint density at radius 2 is 2.14 bits per heavy atom. The van der Waals surface area contributed by atoms with Crippen LogP contribution in [0.25, 0.3) is 0 Å². The Kier molecular flexibility index (Phi) is 2.21. The van der Waals surface area contributed by atoms with E-state index in [9.17, 15) is 9.59 Å². The molecule has 3 amide bonds. The van der Waals surface area contributed by atoms with Crippen molar-refractivity contribution in [3.8, 4) is 0 Å². The maximum atomic E-state index is 11.7. The molecule has 2 unspecified atom stereocenters. The van der Waals surface area contributed by atoms with Crippen LogP contribution in [0.3, 0.4) is 0 Å². The number of amides is 3. The van der Waals surface area contributed by atoms with Crippen LogP contribution in [0.1, 0.15) is 39.0 Å². The standard InChI is InChI=1S/C10H16N2O2/c1-7-4-2-3-5-10(6-7)8(13)11-9(14)12-10/h7H,2-6H2,1H3,(H2,11,12,13,14). The van der Waals surface area contributed by atoms with Crippen LogP contribution in [0.5, 0.6) is 0 Å². The minimum Gasteiger partial charge on any atom is -0.323 e. The Balaban J connectivity index is 2.20. The molecule has 2 N–H and O–H groups in total. The van der Waals surface area contributed by atoms with Crippen LogP contribution in [0.4, 0.5) is 4.79 Å². The maximum absolute atomic E-state index is 11.7. The summed E-state index contributed by atoms with van der Waals surface area (Å²) in [5.41, 5.74) is -0.590. The van der Waals surface area contributed by atoms with Gasteiger partial charge in [-0.1, -0.05) is 26.2 Å². The topological polar surface area (TPSA) is 58.2 Å². The molecule has 1 saturated carbocycles. The minimum atomic E-state index is -0.590. The fourth-order valence-corrected chi connectivity index (χ4v) is 2.57. The van der Waals surface area contributed by atoms with Crippen molar-refractivity contribution < 1.29 is 9.59 Å². The van der Waals surface area contributed by atoms with Gasteiger partial charge in [0.2, 0.25) is 0 Å². The Hall–Kier alpha value is -1.06. The van der Waals surface area contributed by atoms with Gasteiger partial charge in [0, 0.05) is 0 Å². The number of rotatable bonds is 0. The minimum absolute atomic E-state index is 0.128. The Morgan fingerprint density at radius 3 is 2.79 bits per heavy atom. The molecule has 1 saturated heterocycles. The molecule has 2 fully saturated rings. The van der Waals surface area contributed by atoms with Crippen molar-refractivity contribution in [1.29, 1.82) is 0 Å². The highest BCUT2D eigenvalue weighted by Crippen LogP contribution is 2.32. The molecule has 78 valence electrons. The second-order valence-corrected chi connectivity index (χ2v) is 4.55. The van der Waals surface area contributed by atoms with Gasteiger partial charge in [0.05, 0.1) is 0 Å². The van der Waals surface area contributed by atoms with Gasteiger partial charge in [0.15, 0.2) is 0 Å². The molecule has 1 aliphatic heterocycles. The van der Waals surface area contributed by atoms with Gasteiger partial charge in [0.25, 0.3) is 5.91 Å². The molecule has 0 bridgehead atoms. The van der Waals surface area contributed by atoms with Gasteiger partial charge in [-0.15, -0.1) is 0 Å². The van der Waals surface area contributed by atoms with Gasteiger partial charge < -0.3 is 5.32 Å². The van der Waals surface area contributed by atoms with E-state index in [0.717, 1.165) is 32.1 Å². The lowest BCUT2D eigenvalue weighted by atomic mass is 9.87. The number of nitrogens with one attached hydrogen (secondary N) is 2.